The van der Waals surface area contributed by atoms with Gasteiger partial charge in [0.1, 0.15) is 11.6 Å². The van der Waals surface area contributed by atoms with E-state index in [4.69, 9.17) is 0 Å². The van der Waals surface area contributed by atoms with Crippen LogP contribution in [-0.2, 0) is 6.42 Å². The van der Waals surface area contributed by atoms with Gasteiger partial charge in [0, 0.05) is 28.2 Å². The molecule has 4 rings (SSSR count). The lowest BCUT2D eigenvalue weighted by Crippen LogP contribution is -2.31. The molecule has 0 aliphatic carbocycles. The lowest BCUT2D eigenvalue weighted by atomic mass is 9.97. The summed E-state index contributed by atoms with van der Waals surface area (Å²) in [7, 11) is 0. The number of benzene rings is 2. The maximum absolute atomic E-state index is 14.6. The van der Waals surface area contributed by atoms with Crippen LogP contribution in [0, 0.1) is 18.6 Å². The largest absolute Gasteiger partial charge is 0.357 e. The van der Waals surface area contributed by atoms with Crippen molar-refractivity contribution in [1.82, 2.24) is 10.3 Å². The number of H-pyrrole nitrogens is 1. The van der Waals surface area contributed by atoms with E-state index in [0.29, 0.717) is 5.56 Å². The van der Waals surface area contributed by atoms with E-state index >= 15 is 0 Å². The molecular formula is C20H20F2N2. The molecule has 0 radical (unpaired) electrons. The summed E-state index contributed by atoms with van der Waals surface area (Å²) < 4.78 is 29.2. The van der Waals surface area contributed by atoms with Gasteiger partial charge in [0.25, 0.3) is 0 Å². The van der Waals surface area contributed by atoms with Gasteiger partial charge in [0.2, 0.25) is 0 Å². The van der Waals surface area contributed by atoms with Crippen molar-refractivity contribution >= 4 is 10.9 Å². The molecule has 124 valence electrons. The van der Waals surface area contributed by atoms with E-state index in [0.717, 1.165) is 35.0 Å². The quantitative estimate of drug-likeness (QED) is 0.662. The van der Waals surface area contributed by atoms with E-state index in [1.165, 1.54) is 12.1 Å². The average Bonchev–Trinajstić information content (AvgIpc) is 2.81. The van der Waals surface area contributed by atoms with Crippen LogP contribution >= 0.6 is 0 Å². The molecule has 4 heteroatoms. The summed E-state index contributed by atoms with van der Waals surface area (Å²) in [4.78, 5) is 3.40. The fourth-order valence-corrected chi connectivity index (χ4v) is 3.76. The highest BCUT2D eigenvalue weighted by molar-refractivity contribution is 5.85. The molecule has 1 aromatic heterocycles. The van der Waals surface area contributed by atoms with Gasteiger partial charge in [-0.25, -0.2) is 8.78 Å². The van der Waals surface area contributed by atoms with Crippen molar-refractivity contribution in [2.75, 3.05) is 0 Å². The number of aryl methyl sites for hydroxylation is 2. The molecule has 2 unspecified atom stereocenters. The summed E-state index contributed by atoms with van der Waals surface area (Å²) in [5.74, 6) is -0.993. The molecule has 24 heavy (non-hydrogen) atoms. The molecule has 0 spiro atoms. The van der Waals surface area contributed by atoms with Crippen LogP contribution in [0.4, 0.5) is 8.78 Å². The second-order valence-corrected chi connectivity index (χ2v) is 6.74. The number of halogens is 2. The molecule has 2 nitrogen and oxygen atoms in total. The van der Waals surface area contributed by atoms with E-state index in [2.05, 4.69) is 23.3 Å². The van der Waals surface area contributed by atoms with Crippen molar-refractivity contribution in [2.45, 2.75) is 38.8 Å². The highest BCUT2D eigenvalue weighted by atomic mass is 19.1. The minimum Gasteiger partial charge on any atom is -0.357 e. The van der Waals surface area contributed by atoms with Gasteiger partial charge in [-0.15, -0.1) is 0 Å². The van der Waals surface area contributed by atoms with Crippen LogP contribution < -0.4 is 5.32 Å². The standard InChI is InChI=1S/C20H20F2N2/c1-11-9-15(21)18(16(22)10-11)20-19-14(8-7-12(2)23-20)13-5-3-4-6-17(13)24-19/h3-6,9-10,12,20,23-24H,7-8H2,1-2H3. The van der Waals surface area contributed by atoms with Crippen LogP contribution in [0.2, 0.25) is 0 Å². The summed E-state index contributed by atoms with van der Waals surface area (Å²) in [6, 6.07) is 10.5. The first-order chi connectivity index (χ1) is 11.5. The first-order valence-corrected chi connectivity index (χ1v) is 8.35. The molecule has 0 amide bonds. The van der Waals surface area contributed by atoms with E-state index in [-0.39, 0.29) is 11.6 Å². The van der Waals surface area contributed by atoms with Crippen molar-refractivity contribution in [3.63, 3.8) is 0 Å². The topological polar surface area (TPSA) is 27.8 Å². The van der Waals surface area contributed by atoms with Crippen LogP contribution in [0.3, 0.4) is 0 Å². The summed E-state index contributed by atoms with van der Waals surface area (Å²) in [5.41, 5.74) is 3.74. The number of aromatic nitrogens is 1. The molecule has 2 heterocycles. The maximum atomic E-state index is 14.6. The van der Waals surface area contributed by atoms with Gasteiger partial charge in [-0.2, -0.15) is 0 Å². The molecule has 2 aromatic carbocycles. The SMILES string of the molecule is Cc1cc(F)c(C2NC(C)CCc3c2[nH]c2ccccc32)c(F)c1. The lowest BCUT2D eigenvalue weighted by molar-refractivity contribution is 0.453. The lowest BCUT2D eigenvalue weighted by Gasteiger charge is -2.22. The smallest absolute Gasteiger partial charge is 0.131 e. The van der Waals surface area contributed by atoms with Crippen molar-refractivity contribution in [2.24, 2.45) is 0 Å². The Balaban J connectivity index is 1.96. The Bertz CT molecular complexity index is 890. The van der Waals surface area contributed by atoms with Crippen molar-refractivity contribution in [3.8, 4) is 0 Å². The second-order valence-electron chi connectivity index (χ2n) is 6.74. The summed E-state index contributed by atoms with van der Waals surface area (Å²) in [5, 5.41) is 4.54. The van der Waals surface area contributed by atoms with Gasteiger partial charge in [-0.05, 0) is 56.0 Å². The number of para-hydroxylation sites is 1. The van der Waals surface area contributed by atoms with Crippen LogP contribution in [0.1, 0.15) is 41.8 Å². The minimum absolute atomic E-state index is 0.0992. The van der Waals surface area contributed by atoms with Gasteiger partial charge in [0.15, 0.2) is 0 Å². The molecule has 0 saturated carbocycles. The van der Waals surface area contributed by atoms with Crippen LogP contribution in [0.5, 0.6) is 0 Å². The van der Waals surface area contributed by atoms with Crippen molar-refractivity contribution < 1.29 is 8.78 Å². The van der Waals surface area contributed by atoms with Gasteiger partial charge in [0.05, 0.1) is 6.04 Å². The van der Waals surface area contributed by atoms with Crippen LogP contribution in [0.15, 0.2) is 36.4 Å². The fourth-order valence-electron chi connectivity index (χ4n) is 3.76. The summed E-state index contributed by atoms with van der Waals surface area (Å²) >= 11 is 0. The Labute approximate surface area is 139 Å². The Morgan fingerprint density at radius 1 is 1.08 bits per heavy atom. The Morgan fingerprint density at radius 3 is 2.54 bits per heavy atom. The highest BCUT2D eigenvalue weighted by Gasteiger charge is 2.30. The summed E-state index contributed by atoms with van der Waals surface area (Å²) in [6.07, 6.45) is 1.82. The molecule has 0 fully saturated rings. The zero-order chi connectivity index (χ0) is 16.8. The Hall–Kier alpha value is -2.20. The highest BCUT2D eigenvalue weighted by Crippen LogP contribution is 2.36. The number of hydrogen-bond acceptors (Lipinski definition) is 1. The minimum atomic E-state index is -0.509. The van der Waals surface area contributed by atoms with Gasteiger partial charge >= 0.3 is 0 Å². The van der Waals surface area contributed by atoms with Crippen LogP contribution in [-0.4, -0.2) is 11.0 Å². The van der Waals surface area contributed by atoms with E-state index in [1.54, 1.807) is 6.92 Å². The van der Waals surface area contributed by atoms with Crippen molar-refractivity contribution in [3.05, 3.63) is 70.4 Å². The zero-order valence-electron chi connectivity index (χ0n) is 13.8. The maximum Gasteiger partial charge on any atom is 0.131 e. The van der Waals surface area contributed by atoms with E-state index in [1.807, 2.05) is 18.2 Å². The predicted octanol–water partition coefficient (Wildman–Crippen LogP) is 4.77. The normalized spacial score (nSPS) is 20.8. The third-order valence-corrected chi connectivity index (χ3v) is 4.93. The fraction of sp³-hybridized carbons (Fsp3) is 0.300. The second kappa shape index (κ2) is 5.71. The van der Waals surface area contributed by atoms with E-state index < -0.39 is 17.7 Å². The number of nitrogens with one attached hydrogen (secondary N) is 2. The Morgan fingerprint density at radius 2 is 1.79 bits per heavy atom. The average molecular weight is 326 g/mol. The third kappa shape index (κ3) is 2.42. The predicted molar refractivity (Wildman–Crippen MR) is 92.2 cm³/mol. The molecule has 1 aliphatic rings. The first-order valence-electron chi connectivity index (χ1n) is 8.35. The van der Waals surface area contributed by atoms with E-state index in [9.17, 15) is 8.78 Å². The van der Waals surface area contributed by atoms with Gasteiger partial charge in [-0.3, -0.25) is 0 Å². The van der Waals surface area contributed by atoms with Gasteiger partial charge in [-0.1, -0.05) is 18.2 Å². The molecule has 0 saturated heterocycles. The summed E-state index contributed by atoms with van der Waals surface area (Å²) in [6.45, 7) is 3.76. The zero-order valence-corrected chi connectivity index (χ0v) is 13.8. The molecule has 3 aromatic rings. The van der Waals surface area contributed by atoms with Crippen LogP contribution in [0.25, 0.3) is 10.9 Å². The molecule has 2 N–H and O–H groups in total. The number of fused-ring (bicyclic) bond motifs is 3. The molecule has 1 aliphatic heterocycles. The monoisotopic (exact) mass is 326 g/mol. The number of hydrogen-bond donors (Lipinski definition) is 2. The number of rotatable bonds is 1. The van der Waals surface area contributed by atoms with Gasteiger partial charge < -0.3 is 10.3 Å². The molecular weight excluding hydrogens is 306 g/mol. The molecule has 0 bridgehead atoms. The first kappa shape index (κ1) is 15.3. The van der Waals surface area contributed by atoms with Crippen molar-refractivity contribution in [1.29, 1.82) is 0 Å². The number of aromatic amines is 1. The molecule has 2 atom stereocenters. The Kier molecular flexibility index (Phi) is 3.65. The third-order valence-electron chi connectivity index (χ3n) is 4.93.